The molecular formula is C16H16FN3O2S. The number of fused-ring (bicyclic) bond motifs is 1. The van der Waals surface area contributed by atoms with Crippen LogP contribution in [0.25, 0.3) is 11.0 Å². The summed E-state index contributed by atoms with van der Waals surface area (Å²) in [5.74, 6) is 0.245. The van der Waals surface area contributed by atoms with E-state index in [2.05, 4.69) is 14.7 Å². The molecule has 0 aliphatic carbocycles. The zero-order chi connectivity index (χ0) is 16.4. The van der Waals surface area contributed by atoms with Gasteiger partial charge in [-0.1, -0.05) is 18.2 Å². The first-order chi connectivity index (χ1) is 10.9. The summed E-state index contributed by atoms with van der Waals surface area (Å²) >= 11 is 0. The average molecular weight is 333 g/mol. The predicted octanol–water partition coefficient (Wildman–Crippen LogP) is 2.63. The zero-order valence-electron chi connectivity index (χ0n) is 12.5. The summed E-state index contributed by atoms with van der Waals surface area (Å²) in [6, 6.07) is 11.0. The van der Waals surface area contributed by atoms with E-state index in [1.54, 1.807) is 0 Å². The van der Waals surface area contributed by atoms with Crippen molar-refractivity contribution in [2.75, 3.05) is 0 Å². The second-order valence-electron chi connectivity index (χ2n) is 5.38. The number of aryl methyl sites for hydroxylation is 1. The zero-order valence-corrected chi connectivity index (χ0v) is 13.3. The van der Waals surface area contributed by atoms with Gasteiger partial charge in [-0.15, -0.1) is 0 Å². The number of rotatable bonds is 5. The number of nitrogens with zero attached hydrogens (tertiary/aromatic N) is 1. The molecule has 0 saturated heterocycles. The maximum absolute atomic E-state index is 12.8. The number of halogens is 1. The lowest BCUT2D eigenvalue weighted by Gasteiger charge is -2.07. The standard InChI is InChI=1S/C16H16FN3O2S/c1-11-19-15-7-4-13(8-16(15)20-11)9-18-23(21,22)10-12-2-5-14(17)6-3-12/h2-8,18H,9-10H2,1H3,(H,19,20). The Morgan fingerprint density at radius 3 is 2.57 bits per heavy atom. The maximum atomic E-state index is 12.8. The second-order valence-corrected chi connectivity index (χ2v) is 7.19. The monoisotopic (exact) mass is 333 g/mol. The summed E-state index contributed by atoms with van der Waals surface area (Å²) in [6.07, 6.45) is 0. The van der Waals surface area contributed by atoms with Gasteiger partial charge in [0.15, 0.2) is 0 Å². The van der Waals surface area contributed by atoms with Crippen LogP contribution >= 0.6 is 0 Å². The molecule has 5 nitrogen and oxygen atoms in total. The van der Waals surface area contributed by atoms with Crippen molar-refractivity contribution in [3.8, 4) is 0 Å². The Hall–Kier alpha value is -2.25. The molecular weight excluding hydrogens is 317 g/mol. The molecule has 3 aromatic rings. The number of hydrogen-bond donors (Lipinski definition) is 2. The van der Waals surface area contributed by atoms with Crippen molar-refractivity contribution in [2.45, 2.75) is 19.2 Å². The molecule has 0 unspecified atom stereocenters. The van der Waals surface area contributed by atoms with E-state index in [1.165, 1.54) is 24.3 Å². The van der Waals surface area contributed by atoms with Crippen LogP contribution < -0.4 is 4.72 Å². The van der Waals surface area contributed by atoms with Gasteiger partial charge in [-0.05, 0) is 42.3 Å². The lowest BCUT2D eigenvalue weighted by atomic mass is 10.2. The fourth-order valence-electron chi connectivity index (χ4n) is 2.34. The molecule has 1 heterocycles. The summed E-state index contributed by atoms with van der Waals surface area (Å²) in [5.41, 5.74) is 3.10. The summed E-state index contributed by atoms with van der Waals surface area (Å²) < 4.78 is 39.6. The van der Waals surface area contributed by atoms with Gasteiger partial charge in [-0.3, -0.25) is 0 Å². The van der Waals surface area contributed by atoms with Crippen LogP contribution in [0.2, 0.25) is 0 Å². The SMILES string of the molecule is Cc1nc2ccc(CNS(=O)(=O)Cc3ccc(F)cc3)cc2[nH]1. The van der Waals surface area contributed by atoms with Crippen LogP contribution in [-0.2, 0) is 22.3 Å². The first-order valence-electron chi connectivity index (χ1n) is 7.08. The lowest BCUT2D eigenvalue weighted by molar-refractivity contribution is 0.580. The largest absolute Gasteiger partial charge is 0.342 e. The molecule has 2 N–H and O–H groups in total. The highest BCUT2D eigenvalue weighted by atomic mass is 32.2. The topological polar surface area (TPSA) is 74.8 Å². The number of benzene rings is 2. The van der Waals surface area contributed by atoms with Crippen LogP contribution in [0.5, 0.6) is 0 Å². The first kappa shape index (κ1) is 15.6. The molecule has 0 bridgehead atoms. The Kier molecular flexibility index (Phi) is 4.14. The lowest BCUT2D eigenvalue weighted by Crippen LogP contribution is -2.24. The highest BCUT2D eigenvalue weighted by molar-refractivity contribution is 7.88. The van der Waals surface area contributed by atoms with Crippen LogP contribution in [-0.4, -0.2) is 18.4 Å². The molecule has 2 aromatic carbocycles. The highest BCUT2D eigenvalue weighted by Crippen LogP contribution is 2.14. The molecule has 0 fully saturated rings. The van der Waals surface area contributed by atoms with E-state index in [9.17, 15) is 12.8 Å². The minimum absolute atomic E-state index is 0.182. The van der Waals surface area contributed by atoms with E-state index >= 15 is 0 Å². The van der Waals surface area contributed by atoms with Crippen LogP contribution in [0.4, 0.5) is 4.39 Å². The van der Waals surface area contributed by atoms with Crippen LogP contribution in [0, 0.1) is 12.7 Å². The fourth-order valence-corrected chi connectivity index (χ4v) is 3.46. The molecule has 3 rings (SSSR count). The molecule has 0 amide bonds. The van der Waals surface area contributed by atoms with Gasteiger partial charge in [0.2, 0.25) is 10.0 Å². The van der Waals surface area contributed by atoms with Crippen molar-refractivity contribution in [2.24, 2.45) is 0 Å². The van der Waals surface area contributed by atoms with Gasteiger partial charge in [0.05, 0.1) is 16.8 Å². The van der Waals surface area contributed by atoms with Gasteiger partial charge >= 0.3 is 0 Å². The third-order valence-electron chi connectivity index (χ3n) is 3.43. The van der Waals surface area contributed by atoms with E-state index in [1.807, 2.05) is 25.1 Å². The Morgan fingerprint density at radius 2 is 1.83 bits per heavy atom. The second kappa shape index (κ2) is 6.10. The summed E-state index contributed by atoms with van der Waals surface area (Å²) in [4.78, 5) is 7.42. The van der Waals surface area contributed by atoms with Gasteiger partial charge in [-0.2, -0.15) is 0 Å². The number of aromatic nitrogens is 2. The van der Waals surface area contributed by atoms with E-state index in [-0.39, 0.29) is 18.1 Å². The minimum Gasteiger partial charge on any atom is -0.342 e. The number of hydrogen-bond acceptors (Lipinski definition) is 3. The molecule has 0 saturated carbocycles. The minimum atomic E-state index is -3.49. The van der Waals surface area contributed by atoms with Gasteiger partial charge in [0.25, 0.3) is 0 Å². The molecule has 23 heavy (non-hydrogen) atoms. The van der Waals surface area contributed by atoms with Crippen molar-refractivity contribution in [3.63, 3.8) is 0 Å². The van der Waals surface area contributed by atoms with E-state index in [0.717, 1.165) is 22.4 Å². The van der Waals surface area contributed by atoms with Crippen LogP contribution in [0.3, 0.4) is 0 Å². The summed E-state index contributed by atoms with van der Waals surface area (Å²) in [7, 11) is -3.49. The summed E-state index contributed by atoms with van der Waals surface area (Å²) in [6.45, 7) is 2.06. The number of aromatic amines is 1. The van der Waals surface area contributed by atoms with Crippen LogP contribution in [0.1, 0.15) is 17.0 Å². The normalized spacial score (nSPS) is 11.9. The molecule has 0 atom stereocenters. The Morgan fingerprint density at radius 1 is 1.13 bits per heavy atom. The third kappa shape index (κ3) is 3.94. The smallest absolute Gasteiger partial charge is 0.216 e. The van der Waals surface area contributed by atoms with E-state index < -0.39 is 10.0 Å². The molecule has 1 aromatic heterocycles. The van der Waals surface area contributed by atoms with Crippen molar-refractivity contribution < 1.29 is 12.8 Å². The molecule has 0 spiro atoms. The van der Waals surface area contributed by atoms with Gasteiger partial charge in [0.1, 0.15) is 11.6 Å². The predicted molar refractivity (Wildman–Crippen MR) is 86.7 cm³/mol. The quantitative estimate of drug-likeness (QED) is 0.754. The molecule has 7 heteroatoms. The first-order valence-corrected chi connectivity index (χ1v) is 8.73. The van der Waals surface area contributed by atoms with Crippen molar-refractivity contribution in [1.82, 2.24) is 14.7 Å². The van der Waals surface area contributed by atoms with E-state index in [0.29, 0.717) is 5.56 Å². The van der Waals surface area contributed by atoms with Crippen molar-refractivity contribution in [1.29, 1.82) is 0 Å². The maximum Gasteiger partial charge on any atom is 0.216 e. The third-order valence-corrected chi connectivity index (χ3v) is 4.73. The number of H-pyrrole nitrogens is 1. The summed E-state index contributed by atoms with van der Waals surface area (Å²) in [5, 5.41) is 0. The van der Waals surface area contributed by atoms with Crippen molar-refractivity contribution in [3.05, 3.63) is 65.2 Å². The fraction of sp³-hybridized carbons (Fsp3) is 0.188. The highest BCUT2D eigenvalue weighted by Gasteiger charge is 2.12. The van der Waals surface area contributed by atoms with Gasteiger partial charge in [-0.25, -0.2) is 22.5 Å². The number of imidazole rings is 1. The van der Waals surface area contributed by atoms with Crippen molar-refractivity contribution >= 4 is 21.1 Å². The molecule has 0 radical (unpaired) electrons. The number of sulfonamides is 1. The molecule has 0 aliphatic heterocycles. The average Bonchev–Trinajstić information content (AvgIpc) is 2.87. The Bertz CT molecular complexity index is 934. The molecule has 0 aliphatic rings. The van der Waals surface area contributed by atoms with Gasteiger partial charge in [0, 0.05) is 6.54 Å². The Balaban J connectivity index is 1.68. The van der Waals surface area contributed by atoms with E-state index in [4.69, 9.17) is 0 Å². The Labute approximate surface area is 133 Å². The van der Waals surface area contributed by atoms with Gasteiger partial charge < -0.3 is 4.98 Å². The number of nitrogens with one attached hydrogen (secondary N) is 2. The van der Waals surface area contributed by atoms with Crippen LogP contribution in [0.15, 0.2) is 42.5 Å². The molecule has 120 valence electrons.